The maximum atomic E-state index is 12.2. The van der Waals surface area contributed by atoms with Gasteiger partial charge in [0.15, 0.2) is 11.4 Å². The van der Waals surface area contributed by atoms with E-state index in [2.05, 4.69) is 5.10 Å². The molecule has 0 amide bonds. The SMILES string of the molecule is CSc1ccc(C(=O)Cn2nc3ccccn3c2=O)cc1. The van der Waals surface area contributed by atoms with E-state index < -0.39 is 0 Å². The van der Waals surface area contributed by atoms with E-state index in [9.17, 15) is 9.59 Å². The summed E-state index contributed by atoms with van der Waals surface area (Å²) >= 11 is 1.62. The molecule has 0 atom stereocenters. The minimum Gasteiger partial charge on any atom is -0.292 e. The van der Waals surface area contributed by atoms with Crippen LogP contribution in [0.25, 0.3) is 5.65 Å². The molecule has 6 heteroatoms. The molecule has 0 aliphatic rings. The minimum atomic E-state index is -0.306. The van der Waals surface area contributed by atoms with E-state index in [1.54, 1.807) is 48.3 Å². The molecular formula is C15H13N3O2S. The van der Waals surface area contributed by atoms with E-state index in [0.29, 0.717) is 11.2 Å². The summed E-state index contributed by atoms with van der Waals surface area (Å²) in [7, 11) is 0. The van der Waals surface area contributed by atoms with Crippen molar-refractivity contribution in [3.63, 3.8) is 0 Å². The average Bonchev–Trinajstić information content (AvgIpc) is 2.84. The van der Waals surface area contributed by atoms with Crippen LogP contribution in [-0.2, 0) is 6.54 Å². The fourth-order valence-electron chi connectivity index (χ4n) is 2.08. The number of ketones is 1. The van der Waals surface area contributed by atoms with Gasteiger partial charge in [-0.25, -0.2) is 9.48 Å². The number of thioether (sulfide) groups is 1. The first-order valence-electron chi connectivity index (χ1n) is 6.40. The number of pyridine rings is 1. The molecule has 0 bridgehead atoms. The largest absolute Gasteiger partial charge is 0.350 e. The Labute approximate surface area is 125 Å². The van der Waals surface area contributed by atoms with Gasteiger partial charge in [0.05, 0.1) is 0 Å². The van der Waals surface area contributed by atoms with Gasteiger partial charge in [0.25, 0.3) is 0 Å². The Hall–Kier alpha value is -2.34. The zero-order valence-corrected chi connectivity index (χ0v) is 12.2. The molecule has 0 radical (unpaired) electrons. The molecule has 106 valence electrons. The normalized spacial score (nSPS) is 10.9. The third kappa shape index (κ3) is 2.62. The van der Waals surface area contributed by atoms with Crippen LogP contribution in [-0.4, -0.2) is 26.2 Å². The second-order valence-electron chi connectivity index (χ2n) is 4.52. The van der Waals surface area contributed by atoms with E-state index in [1.807, 2.05) is 18.4 Å². The number of benzene rings is 1. The lowest BCUT2D eigenvalue weighted by Gasteiger charge is -2.01. The smallest absolute Gasteiger partial charge is 0.292 e. The van der Waals surface area contributed by atoms with Crippen LogP contribution in [0.15, 0.2) is 58.4 Å². The molecule has 1 aromatic carbocycles. The van der Waals surface area contributed by atoms with Gasteiger partial charge in [0.2, 0.25) is 0 Å². The Kier molecular flexibility index (Phi) is 3.62. The van der Waals surface area contributed by atoms with Crippen molar-refractivity contribution in [1.29, 1.82) is 0 Å². The predicted molar refractivity (Wildman–Crippen MR) is 82.0 cm³/mol. The van der Waals surface area contributed by atoms with Crippen molar-refractivity contribution in [1.82, 2.24) is 14.2 Å². The van der Waals surface area contributed by atoms with Gasteiger partial charge < -0.3 is 0 Å². The number of aromatic nitrogens is 3. The first-order chi connectivity index (χ1) is 10.2. The second-order valence-corrected chi connectivity index (χ2v) is 5.40. The van der Waals surface area contributed by atoms with Crippen molar-refractivity contribution in [2.75, 3.05) is 6.26 Å². The highest BCUT2D eigenvalue weighted by molar-refractivity contribution is 7.98. The van der Waals surface area contributed by atoms with E-state index in [1.165, 1.54) is 9.08 Å². The summed E-state index contributed by atoms with van der Waals surface area (Å²) < 4.78 is 2.62. The molecule has 2 aromatic heterocycles. The molecule has 0 N–H and O–H groups in total. The lowest BCUT2D eigenvalue weighted by Crippen LogP contribution is -2.25. The van der Waals surface area contributed by atoms with Gasteiger partial charge in [-0.1, -0.05) is 18.2 Å². The number of nitrogens with zero attached hydrogens (tertiary/aromatic N) is 3. The zero-order chi connectivity index (χ0) is 14.8. The van der Waals surface area contributed by atoms with Crippen LogP contribution in [0.5, 0.6) is 0 Å². The third-order valence-electron chi connectivity index (χ3n) is 3.19. The van der Waals surface area contributed by atoms with Crippen LogP contribution < -0.4 is 5.69 Å². The zero-order valence-electron chi connectivity index (χ0n) is 11.4. The first-order valence-corrected chi connectivity index (χ1v) is 7.63. The van der Waals surface area contributed by atoms with Gasteiger partial charge in [-0.05, 0) is 30.5 Å². The molecule has 0 unspecified atom stereocenters. The molecule has 3 rings (SSSR count). The highest BCUT2D eigenvalue weighted by atomic mass is 32.2. The highest BCUT2D eigenvalue weighted by Gasteiger charge is 2.12. The molecule has 3 aromatic rings. The number of hydrogen-bond donors (Lipinski definition) is 0. The first kappa shape index (κ1) is 13.6. The van der Waals surface area contributed by atoms with E-state index >= 15 is 0 Å². The Bertz CT molecular complexity index is 849. The lowest BCUT2D eigenvalue weighted by atomic mass is 10.1. The molecular weight excluding hydrogens is 286 g/mol. The van der Waals surface area contributed by atoms with Crippen LogP contribution >= 0.6 is 11.8 Å². The van der Waals surface area contributed by atoms with E-state index in [-0.39, 0.29) is 18.0 Å². The van der Waals surface area contributed by atoms with Gasteiger partial charge in [0, 0.05) is 16.7 Å². The minimum absolute atomic E-state index is 0.0564. The summed E-state index contributed by atoms with van der Waals surface area (Å²) in [5.74, 6) is -0.131. The number of rotatable bonds is 4. The molecule has 21 heavy (non-hydrogen) atoms. The predicted octanol–water partition coefficient (Wildman–Crippen LogP) is 2.10. The standard InChI is InChI=1S/C15H13N3O2S/c1-21-12-7-5-11(6-8-12)13(19)10-18-15(20)17-9-3-2-4-14(17)16-18/h2-9H,10H2,1H3. The molecule has 0 saturated heterocycles. The molecule has 5 nitrogen and oxygen atoms in total. The van der Waals surface area contributed by atoms with Gasteiger partial charge in [0.1, 0.15) is 6.54 Å². The van der Waals surface area contributed by atoms with Gasteiger partial charge in [-0.3, -0.25) is 9.20 Å². The summed E-state index contributed by atoms with van der Waals surface area (Å²) in [6, 6.07) is 12.6. The van der Waals surface area contributed by atoms with Crippen molar-refractivity contribution in [3.8, 4) is 0 Å². The van der Waals surface area contributed by atoms with Crippen LogP contribution in [0.4, 0.5) is 0 Å². The summed E-state index contributed by atoms with van der Waals surface area (Å²) in [6.45, 7) is -0.0564. The van der Waals surface area contributed by atoms with Crippen LogP contribution in [0.2, 0.25) is 0 Å². The number of carbonyl (C=O) groups is 1. The molecule has 0 aliphatic heterocycles. The molecule has 0 fully saturated rings. The summed E-state index contributed by atoms with van der Waals surface area (Å²) in [5, 5.41) is 4.15. The maximum absolute atomic E-state index is 12.2. The van der Waals surface area contributed by atoms with Crippen molar-refractivity contribution in [2.24, 2.45) is 0 Å². The fraction of sp³-hybridized carbons (Fsp3) is 0.133. The summed E-state index contributed by atoms with van der Waals surface area (Å²) in [4.78, 5) is 25.4. The number of hydrogen-bond acceptors (Lipinski definition) is 4. The lowest BCUT2D eigenvalue weighted by molar-refractivity contribution is 0.0966. The monoisotopic (exact) mass is 299 g/mol. The van der Waals surface area contributed by atoms with Crippen molar-refractivity contribution in [2.45, 2.75) is 11.4 Å². The number of fused-ring (bicyclic) bond motifs is 1. The molecule has 2 heterocycles. The van der Waals surface area contributed by atoms with Gasteiger partial charge in [-0.15, -0.1) is 16.9 Å². The van der Waals surface area contributed by atoms with Crippen molar-refractivity contribution < 1.29 is 4.79 Å². The Morgan fingerprint density at radius 1 is 1.19 bits per heavy atom. The average molecular weight is 299 g/mol. The van der Waals surface area contributed by atoms with Crippen molar-refractivity contribution in [3.05, 3.63) is 64.7 Å². The summed E-state index contributed by atoms with van der Waals surface area (Å²) in [6.07, 6.45) is 3.62. The van der Waals surface area contributed by atoms with Crippen LogP contribution in [0.1, 0.15) is 10.4 Å². The number of Topliss-reactive ketones (excluding diaryl/α,β-unsaturated/α-hetero) is 1. The highest BCUT2D eigenvalue weighted by Crippen LogP contribution is 2.15. The van der Waals surface area contributed by atoms with Gasteiger partial charge in [-0.2, -0.15) is 0 Å². The van der Waals surface area contributed by atoms with E-state index in [4.69, 9.17) is 0 Å². The summed E-state index contributed by atoms with van der Waals surface area (Å²) in [5.41, 5.74) is 0.810. The topological polar surface area (TPSA) is 56.4 Å². The van der Waals surface area contributed by atoms with Crippen LogP contribution in [0.3, 0.4) is 0 Å². The Balaban J connectivity index is 1.88. The molecule has 0 spiro atoms. The van der Waals surface area contributed by atoms with Crippen molar-refractivity contribution >= 4 is 23.2 Å². The number of carbonyl (C=O) groups excluding carboxylic acids is 1. The third-order valence-corrected chi connectivity index (χ3v) is 3.94. The fourth-order valence-corrected chi connectivity index (χ4v) is 2.48. The quantitative estimate of drug-likeness (QED) is 0.547. The second kappa shape index (κ2) is 5.57. The molecule has 0 saturated carbocycles. The Morgan fingerprint density at radius 2 is 1.95 bits per heavy atom. The maximum Gasteiger partial charge on any atom is 0.350 e. The molecule has 0 aliphatic carbocycles. The van der Waals surface area contributed by atoms with Gasteiger partial charge >= 0.3 is 5.69 Å². The van der Waals surface area contributed by atoms with Crippen LogP contribution in [0, 0.1) is 0 Å². The van der Waals surface area contributed by atoms with E-state index in [0.717, 1.165) is 4.90 Å². The Morgan fingerprint density at radius 3 is 2.62 bits per heavy atom.